The number of Topliss-reactive ketones (excluding diaryl/α,β-unsaturated/α-hetero) is 1. The zero-order chi connectivity index (χ0) is 15.9. The maximum Gasteiger partial charge on any atom is 0.302 e. The molecule has 2 aliphatic carbocycles. The molecule has 4 heteroatoms. The molecular formula is C17H28O4. The predicted octanol–water partition coefficient (Wildman–Crippen LogP) is 2.58. The smallest absolute Gasteiger partial charge is 0.302 e. The highest BCUT2D eigenvalue weighted by Crippen LogP contribution is 2.69. The molecule has 0 heterocycles. The third-order valence-electron chi connectivity index (χ3n) is 5.66. The summed E-state index contributed by atoms with van der Waals surface area (Å²) in [5.41, 5.74) is 0.0143. The van der Waals surface area contributed by atoms with Gasteiger partial charge in [0.1, 0.15) is 11.9 Å². The van der Waals surface area contributed by atoms with Crippen molar-refractivity contribution in [3.8, 4) is 0 Å². The van der Waals surface area contributed by atoms with E-state index in [1.165, 1.54) is 6.92 Å². The van der Waals surface area contributed by atoms with Crippen LogP contribution in [0.25, 0.3) is 0 Å². The zero-order valence-electron chi connectivity index (χ0n) is 13.8. The maximum absolute atomic E-state index is 11.4. The molecule has 1 unspecified atom stereocenters. The minimum absolute atomic E-state index is 0.00527. The van der Waals surface area contributed by atoms with Gasteiger partial charge < -0.3 is 14.6 Å². The van der Waals surface area contributed by atoms with Gasteiger partial charge in [0, 0.05) is 19.3 Å². The molecule has 120 valence electrons. The fraction of sp³-hybridized carbons (Fsp3) is 0.882. The van der Waals surface area contributed by atoms with Crippen LogP contribution in [0.1, 0.15) is 53.9 Å². The van der Waals surface area contributed by atoms with Crippen molar-refractivity contribution in [1.82, 2.24) is 0 Å². The van der Waals surface area contributed by atoms with E-state index in [0.717, 1.165) is 12.8 Å². The van der Waals surface area contributed by atoms with Gasteiger partial charge in [-0.15, -0.1) is 0 Å². The quantitative estimate of drug-likeness (QED) is 0.792. The van der Waals surface area contributed by atoms with Gasteiger partial charge in [-0.25, -0.2) is 0 Å². The molecule has 0 aromatic carbocycles. The number of ketones is 1. The van der Waals surface area contributed by atoms with Crippen molar-refractivity contribution < 1.29 is 19.4 Å². The topological polar surface area (TPSA) is 63.6 Å². The number of esters is 1. The van der Waals surface area contributed by atoms with Crippen molar-refractivity contribution >= 4 is 11.8 Å². The number of hydrogen-bond donors (Lipinski definition) is 1. The van der Waals surface area contributed by atoms with E-state index in [9.17, 15) is 14.7 Å². The molecule has 0 saturated heterocycles. The summed E-state index contributed by atoms with van der Waals surface area (Å²) < 4.78 is 5.51. The number of carbonyl (C=O) groups excluding carboxylic acids is 2. The van der Waals surface area contributed by atoms with E-state index in [0.29, 0.717) is 12.3 Å². The first-order chi connectivity index (χ1) is 9.68. The Bertz CT molecular complexity index is 431. The minimum Gasteiger partial charge on any atom is -0.462 e. The second-order valence-corrected chi connectivity index (χ2v) is 7.54. The lowest BCUT2D eigenvalue weighted by atomic mass is 9.73. The fourth-order valence-corrected chi connectivity index (χ4v) is 4.67. The third kappa shape index (κ3) is 3.01. The van der Waals surface area contributed by atoms with E-state index in [2.05, 4.69) is 20.8 Å². The molecule has 21 heavy (non-hydrogen) atoms. The average molecular weight is 296 g/mol. The van der Waals surface area contributed by atoms with Gasteiger partial charge in [-0.1, -0.05) is 20.8 Å². The molecule has 0 radical (unpaired) electrons. The Labute approximate surface area is 127 Å². The second kappa shape index (κ2) is 5.71. The van der Waals surface area contributed by atoms with Crippen molar-refractivity contribution in [2.75, 3.05) is 0 Å². The van der Waals surface area contributed by atoms with Crippen molar-refractivity contribution in [2.24, 2.45) is 29.1 Å². The summed E-state index contributed by atoms with van der Waals surface area (Å²) in [4.78, 5) is 22.6. The first-order valence-electron chi connectivity index (χ1n) is 8.03. The molecule has 2 saturated carbocycles. The van der Waals surface area contributed by atoms with E-state index in [1.807, 2.05) is 0 Å². The molecule has 4 nitrogen and oxygen atoms in total. The Morgan fingerprint density at radius 3 is 2.43 bits per heavy atom. The van der Waals surface area contributed by atoms with Crippen molar-refractivity contribution in [3.05, 3.63) is 0 Å². The van der Waals surface area contributed by atoms with Crippen molar-refractivity contribution in [3.63, 3.8) is 0 Å². The first-order valence-corrected chi connectivity index (χ1v) is 8.03. The molecule has 0 aromatic heterocycles. The number of rotatable bonds is 5. The van der Waals surface area contributed by atoms with E-state index in [-0.39, 0.29) is 41.0 Å². The fourth-order valence-electron chi connectivity index (χ4n) is 4.67. The molecule has 0 bridgehead atoms. The van der Waals surface area contributed by atoms with E-state index in [4.69, 9.17) is 4.74 Å². The van der Waals surface area contributed by atoms with Crippen molar-refractivity contribution in [1.29, 1.82) is 0 Å². The molecule has 6 atom stereocenters. The summed E-state index contributed by atoms with van der Waals surface area (Å²) in [7, 11) is 0. The third-order valence-corrected chi connectivity index (χ3v) is 5.66. The van der Waals surface area contributed by atoms with Crippen LogP contribution in [0.3, 0.4) is 0 Å². The van der Waals surface area contributed by atoms with E-state index < -0.39 is 6.10 Å². The van der Waals surface area contributed by atoms with Crippen LogP contribution in [0.15, 0.2) is 0 Å². The van der Waals surface area contributed by atoms with Gasteiger partial charge in [0.2, 0.25) is 0 Å². The summed E-state index contributed by atoms with van der Waals surface area (Å²) in [6, 6.07) is 0. The number of ether oxygens (including phenoxy) is 1. The summed E-state index contributed by atoms with van der Waals surface area (Å²) in [5.74, 6) is 0.807. The van der Waals surface area contributed by atoms with Crippen LogP contribution in [0.4, 0.5) is 0 Å². The van der Waals surface area contributed by atoms with Crippen LogP contribution in [-0.2, 0) is 14.3 Å². The van der Waals surface area contributed by atoms with Crippen LogP contribution < -0.4 is 0 Å². The van der Waals surface area contributed by atoms with Crippen molar-refractivity contribution in [2.45, 2.75) is 66.1 Å². The lowest BCUT2D eigenvalue weighted by molar-refractivity contribution is -0.159. The first kappa shape index (κ1) is 16.5. The molecule has 0 amide bonds. The molecule has 2 fully saturated rings. The Morgan fingerprint density at radius 2 is 1.95 bits per heavy atom. The van der Waals surface area contributed by atoms with E-state index >= 15 is 0 Å². The number of fused-ring (bicyclic) bond motifs is 1. The van der Waals surface area contributed by atoms with E-state index in [1.54, 1.807) is 6.92 Å². The highest BCUT2D eigenvalue weighted by atomic mass is 16.5. The second-order valence-electron chi connectivity index (χ2n) is 7.54. The maximum atomic E-state index is 11.4. The van der Waals surface area contributed by atoms with Gasteiger partial charge in [0.05, 0.1) is 6.10 Å². The van der Waals surface area contributed by atoms with Crippen LogP contribution in [0.2, 0.25) is 0 Å². The molecule has 2 aliphatic rings. The Hall–Kier alpha value is -0.900. The lowest BCUT2D eigenvalue weighted by Crippen LogP contribution is -2.45. The number of carbonyl (C=O) groups is 2. The summed E-state index contributed by atoms with van der Waals surface area (Å²) in [5, 5.41) is 10.8. The van der Waals surface area contributed by atoms with Gasteiger partial charge in [-0.2, -0.15) is 0 Å². The lowest BCUT2D eigenvalue weighted by Gasteiger charge is -2.39. The Balaban J connectivity index is 2.14. The van der Waals surface area contributed by atoms with Crippen LogP contribution in [0, 0.1) is 29.1 Å². The minimum atomic E-state index is -0.440. The van der Waals surface area contributed by atoms with Crippen LogP contribution in [0.5, 0.6) is 0 Å². The Morgan fingerprint density at radius 1 is 1.33 bits per heavy atom. The molecule has 1 N–H and O–H groups in total. The summed E-state index contributed by atoms with van der Waals surface area (Å²) >= 11 is 0. The monoisotopic (exact) mass is 296 g/mol. The van der Waals surface area contributed by atoms with Gasteiger partial charge in [-0.05, 0) is 42.9 Å². The van der Waals surface area contributed by atoms with Crippen LogP contribution in [-0.4, -0.2) is 29.1 Å². The van der Waals surface area contributed by atoms with Gasteiger partial charge in [0.15, 0.2) is 0 Å². The van der Waals surface area contributed by atoms with Gasteiger partial charge in [0.25, 0.3) is 0 Å². The van der Waals surface area contributed by atoms with Crippen LogP contribution >= 0.6 is 0 Å². The summed E-state index contributed by atoms with van der Waals surface area (Å²) in [6.45, 7) is 9.35. The number of aliphatic hydroxyl groups is 1. The molecule has 0 aromatic rings. The average Bonchev–Trinajstić information content (AvgIpc) is 2.90. The largest absolute Gasteiger partial charge is 0.462 e. The molecular weight excluding hydrogens is 268 g/mol. The van der Waals surface area contributed by atoms with Gasteiger partial charge >= 0.3 is 5.97 Å². The normalized spacial score (nSPS) is 41.6. The summed E-state index contributed by atoms with van der Waals surface area (Å²) in [6.07, 6.45) is 1.57. The van der Waals surface area contributed by atoms with Gasteiger partial charge in [-0.3, -0.25) is 4.79 Å². The Kier molecular flexibility index (Phi) is 4.48. The number of aliphatic hydroxyl groups excluding tert-OH is 1. The molecule has 0 spiro atoms. The predicted molar refractivity (Wildman–Crippen MR) is 79.5 cm³/mol. The highest BCUT2D eigenvalue weighted by Gasteiger charge is 2.69. The highest BCUT2D eigenvalue weighted by molar-refractivity contribution is 5.75. The zero-order valence-corrected chi connectivity index (χ0v) is 13.8. The standard InChI is InChI=1S/C17H28O4/c1-9(2)14-13(21-11(4)19)8-17(5)12(7-6-10(3)18)15(17)16(14)20/h9,12-16,20H,6-8H2,1-5H3/t12-,13+,14+,15?,16+,17+/m0/s1. The molecule has 2 rings (SSSR count). The number of hydrogen-bond acceptors (Lipinski definition) is 4. The SMILES string of the molecule is CC(=O)CC[C@H]1C2[C@H](O)[C@H](C(C)C)[C@H](OC(C)=O)C[C@@]21C. The molecule has 0 aliphatic heterocycles.